The Labute approximate surface area is 196 Å². The maximum Gasteiger partial charge on any atom is 0.331 e. The van der Waals surface area contributed by atoms with Gasteiger partial charge in [-0.1, -0.05) is 51.1 Å². The summed E-state index contributed by atoms with van der Waals surface area (Å²) in [4.78, 5) is 37.9. The van der Waals surface area contributed by atoms with E-state index >= 15 is 0 Å². The highest BCUT2D eigenvalue weighted by Gasteiger charge is 2.39. The first-order chi connectivity index (χ1) is 15.4. The van der Waals surface area contributed by atoms with Crippen molar-refractivity contribution in [3.63, 3.8) is 0 Å². The second-order valence-electron chi connectivity index (χ2n) is 9.50. The molecule has 0 radical (unpaired) electrons. The van der Waals surface area contributed by atoms with Crippen molar-refractivity contribution < 1.29 is 33.1 Å². The molecule has 9 heteroatoms. The van der Waals surface area contributed by atoms with Crippen LogP contribution in [0.2, 0.25) is 0 Å². The Morgan fingerprint density at radius 3 is 2.45 bits per heavy atom. The zero-order valence-electron chi connectivity index (χ0n) is 20.0. The molecule has 1 N–H and O–H groups in total. The molecule has 2 unspecified atom stereocenters. The summed E-state index contributed by atoms with van der Waals surface area (Å²) in [6, 6.07) is 8.99. The molecule has 0 aromatic heterocycles. The van der Waals surface area contributed by atoms with E-state index in [-0.39, 0.29) is 18.6 Å². The molecule has 0 bridgehead atoms. The molecule has 1 heterocycles. The van der Waals surface area contributed by atoms with Crippen LogP contribution in [-0.4, -0.2) is 59.1 Å². The fourth-order valence-electron chi connectivity index (χ4n) is 3.61. The van der Waals surface area contributed by atoms with Gasteiger partial charge in [0.2, 0.25) is 0 Å². The summed E-state index contributed by atoms with van der Waals surface area (Å²) < 4.78 is 24.7. The van der Waals surface area contributed by atoms with E-state index in [1.807, 2.05) is 30.3 Å². The predicted octanol–water partition coefficient (Wildman–Crippen LogP) is 4.31. The van der Waals surface area contributed by atoms with Crippen LogP contribution >= 0.6 is 7.60 Å². The third-order valence-electron chi connectivity index (χ3n) is 5.71. The Bertz CT molecular complexity index is 865. The summed E-state index contributed by atoms with van der Waals surface area (Å²) in [6.07, 6.45) is 1.95. The van der Waals surface area contributed by atoms with Gasteiger partial charge in [0.05, 0.1) is 6.16 Å². The first-order valence-electron chi connectivity index (χ1n) is 11.5. The van der Waals surface area contributed by atoms with Crippen LogP contribution in [0.4, 0.5) is 0 Å². The SMILES string of the molecule is CC(OP(=O)(CCCCc1ccccc1)OCC(=O)C(C)(C)C)C(=O)N1CCC[C@H]1C(=O)O. The molecule has 1 aromatic carbocycles. The standard InChI is InChI=1S/C24H36NO7P/c1-18(22(27)25-15-10-14-20(25)23(28)29)32-33(30,31-17-21(26)24(2,3)4)16-9-8-13-19-11-6-5-7-12-19/h5-7,11-12,18,20H,8-10,13-17H2,1-4H3,(H,28,29)/t18?,20-,33?/m0/s1. The Morgan fingerprint density at radius 2 is 1.85 bits per heavy atom. The average Bonchev–Trinajstić information content (AvgIpc) is 3.25. The highest BCUT2D eigenvalue weighted by atomic mass is 31.2. The van der Waals surface area contributed by atoms with Crippen molar-refractivity contribution in [2.24, 2.45) is 5.41 Å². The van der Waals surface area contributed by atoms with Crippen LogP contribution < -0.4 is 0 Å². The molecule has 1 aliphatic heterocycles. The van der Waals surface area contributed by atoms with Gasteiger partial charge in [-0.2, -0.15) is 0 Å². The average molecular weight is 482 g/mol. The maximum absolute atomic E-state index is 13.5. The molecule has 1 saturated heterocycles. The molecule has 0 aliphatic carbocycles. The lowest BCUT2D eigenvalue weighted by molar-refractivity contribution is -0.151. The van der Waals surface area contributed by atoms with E-state index in [4.69, 9.17) is 9.05 Å². The van der Waals surface area contributed by atoms with Crippen LogP contribution in [0.3, 0.4) is 0 Å². The lowest BCUT2D eigenvalue weighted by Crippen LogP contribution is -2.45. The van der Waals surface area contributed by atoms with Crippen molar-refractivity contribution in [1.29, 1.82) is 0 Å². The second kappa shape index (κ2) is 11.9. The summed E-state index contributed by atoms with van der Waals surface area (Å²) in [6.45, 7) is 6.63. The quantitative estimate of drug-likeness (QED) is 0.350. The number of ketones is 1. The highest BCUT2D eigenvalue weighted by molar-refractivity contribution is 7.53. The van der Waals surface area contributed by atoms with Gasteiger partial charge in [-0.3, -0.25) is 18.7 Å². The van der Waals surface area contributed by atoms with Crippen LogP contribution in [-0.2, 0) is 34.4 Å². The fourth-order valence-corrected chi connectivity index (χ4v) is 5.40. The third-order valence-corrected chi connectivity index (χ3v) is 7.73. The number of nitrogens with zero attached hydrogens (tertiary/aromatic N) is 1. The largest absolute Gasteiger partial charge is 0.480 e. The van der Waals surface area contributed by atoms with E-state index < -0.39 is 37.0 Å². The van der Waals surface area contributed by atoms with Crippen molar-refractivity contribution in [3.05, 3.63) is 35.9 Å². The van der Waals surface area contributed by atoms with Gasteiger partial charge in [-0.25, -0.2) is 4.79 Å². The Balaban J connectivity index is 2.03. The molecule has 1 aromatic rings. The molecule has 184 valence electrons. The number of hydrogen-bond acceptors (Lipinski definition) is 6. The normalized spacial score (nSPS) is 19.2. The number of carboxylic acid groups (broad SMARTS) is 1. The van der Waals surface area contributed by atoms with Gasteiger partial charge in [0.15, 0.2) is 5.78 Å². The van der Waals surface area contributed by atoms with Crippen molar-refractivity contribution in [2.75, 3.05) is 19.3 Å². The topological polar surface area (TPSA) is 110 Å². The molecular formula is C24H36NO7P. The third kappa shape index (κ3) is 8.36. The van der Waals surface area contributed by atoms with Gasteiger partial charge in [-0.05, 0) is 44.6 Å². The summed E-state index contributed by atoms with van der Waals surface area (Å²) in [7, 11) is -3.77. The molecule has 1 fully saturated rings. The van der Waals surface area contributed by atoms with Gasteiger partial charge in [-0.15, -0.1) is 0 Å². The van der Waals surface area contributed by atoms with Crippen LogP contribution in [0.1, 0.15) is 58.9 Å². The van der Waals surface area contributed by atoms with E-state index in [0.29, 0.717) is 25.8 Å². The first kappa shape index (κ1) is 27.2. The molecule has 0 saturated carbocycles. The minimum Gasteiger partial charge on any atom is -0.480 e. The highest BCUT2D eigenvalue weighted by Crippen LogP contribution is 2.50. The lowest BCUT2D eigenvalue weighted by atomic mass is 9.91. The van der Waals surface area contributed by atoms with Crippen LogP contribution in [0.25, 0.3) is 0 Å². The van der Waals surface area contributed by atoms with Gasteiger partial charge < -0.3 is 14.5 Å². The Morgan fingerprint density at radius 1 is 1.18 bits per heavy atom. The summed E-state index contributed by atoms with van der Waals surface area (Å²) >= 11 is 0. The van der Waals surface area contributed by atoms with Crippen LogP contribution in [0.15, 0.2) is 30.3 Å². The number of rotatable bonds is 12. The smallest absolute Gasteiger partial charge is 0.331 e. The number of aryl methyl sites for hydroxylation is 1. The monoisotopic (exact) mass is 481 g/mol. The molecule has 1 aliphatic rings. The number of aliphatic carboxylic acids is 1. The Hall–Kier alpha value is -2.02. The van der Waals surface area contributed by atoms with Gasteiger partial charge in [0.1, 0.15) is 18.8 Å². The number of Topliss-reactive ketones (excluding diaryl/α,β-unsaturated/α-hetero) is 1. The minimum absolute atomic E-state index is 0.0667. The maximum atomic E-state index is 13.5. The van der Waals surface area contributed by atoms with Crippen LogP contribution in [0, 0.1) is 5.41 Å². The number of carboxylic acids is 1. The van der Waals surface area contributed by atoms with E-state index in [1.54, 1.807) is 20.8 Å². The van der Waals surface area contributed by atoms with Gasteiger partial charge in [0.25, 0.3) is 5.91 Å². The minimum atomic E-state index is -3.77. The van der Waals surface area contributed by atoms with Crippen LogP contribution in [0.5, 0.6) is 0 Å². The second-order valence-corrected chi connectivity index (χ2v) is 11.6. The van der Waals surface area contributed by atoms with Gasteiger partial charge in [0, 0.05) is 12.0 Å². The number of likely N-dealkylation sites (tertiary alicyclic amines) is 1. The summed E-state index contributed by atoms with van der Waals surface area (Å²) in [5.41, 5.74) is 0.499. The molecule has 3 atom stereocenters. The zero-order chi connectivity index (χ0) is 24.6. The first-order valence-corrected chi connectivity index (χ1v) is 13.2. The summed E-state index contributed by atoms with van der Waals surface area (Å²) in [5.74, 6) is -1.82. The number of amides is 1. The Kier molecular flexibility index (Phi) is 9.83. The number of unbranched alkanes of at least 4 members (excludes halogenated alkanes) is 1. The number of carbonyl (C=O) groups excluding carboxylic acids is 2. The van der Waals surface area contributed by atoms with Crippen molar-refractivity contribution in [2.45, 2.75) is 71.9 Å². The number of benzene rings is 1. The van der Waals surface area contributed by atoms with Crippen molar-refractivity contribution in [3.8, 4) is 0 Å². The molecule has 0 spiro atoms. The zero-order valence-corrected chi connectivity index (χ0v) is 20.9. The summed E-state index contributed by atoms with van der Waals surface area (Å²) in [5, 5.41) is 9.35. The van der Waals surface area contributed by atoms with Crippen molar-refractivity contribution >= 4 is 25.3 Å². The molecule has 2 rings (SSSR count). The van der Waals surface area contributed by atoms with Gasteiger partial charge >= 0.3 is 13.6 Å². The van der Waals surface area contributed by atoms with E-state index in [2.05, 4.69) is 0 Å². The van der Waals surface area contributed by atoms with E-state index in [0.717, 1.165) is 18.4 Å². The fraction of sp³-hybridized carbons (Fsp3) is 0.625. The van der Waals surface area contributed by atoms with E-state index in [1.165, 1.54) is 11.8 Å². The lowest BCUT2D eigenvalue weighted by Gasteiger charge is -2.28. The molecular weight excluding hydrogens is 445 g/mol. The number of hydrogen-bond donors (Lipinski definition) is 1. The van der Waals surface area contributed by atoms with Crippen molar-refractivity contribution in [1.82, 2.24) is 4.90 Å². The molecule has 1 amide bonds. The molecule has 33 heavy (non-hydrogen) atoms. The predicted molar refractivity (Wildman–Crippen MR) is 125 cm³/mol. The number of carbonyl (C=O) groups is 3. The van der Waals surface area contributed by atoms with E-state index in [9.17, 15) is 24.1 Å². The molecule has 8 nitrogen and oxygen atoms in total.